The highest BCUT2D eigenvalue weighted by molar-refractivity contribution is 6.01. The minimum absolute atomic E-state index is 0.0489. The van der Waals surface area contributed by atoms with Gasteiger partial charge in [0, 0.05) is 11.9 Å². The van der Waals surface area contributed by atoms with Crippen LogP contribution in [0.2, 0.25) is 0 Å². The number of hydrogen-bond acceptors (Lipinski definition) is 5. The predicted octanol–water partition coefficient (Wildman–Crippen LogP) is 1.40. The minimum Gasteiger partial charge on any atom is -0.493 e. The number of amides is 1. The number of nitrogens with one attached hydrogen (secondary N) is 2. The maximum Gasteiger partial charge on any atom is 0.305 e. The lowest BCUT2D eigenvalue weighted by Gasteiger charge is -2.12. The van der Waals surface area contributed by atoms with E-state index in [4.69, 9.17) is 19.3 Å². The number of benzene rings is 1. The Hall–Kier alpha value is -2.90. The molecule has 0 aliphatic rings. The van der Waals surface area contributed by atoms with Crippen LogP contribution >= 0.6 is 0 Å². The van der Waals surface area contributed by atoms with Gasteiger partial charge in [0.1, 0.15) is 5.69 Å². The molecule has 0 aliphatic heterocycles. The number of hydrogen-bond donors (Lipinski definition) is 3. The van der Waals surface area contributed by atoms with Crippen LogP contribution in [0.4, 0.5) is 0 Å². The third-order valence-electron chi connectivity index (χ3n) is 3.29. The van der Waals surface area contributed by atoms with Gasteiger partial charge in [-0.2, -0.15) is 0 Å². The molecular formula is C15H18N2O6. The molecule has 0 bridgehead atoms. The number of carboxylic acids is 1. The van der Waals surface area contributed by atoms with Crippen LogP contribution in [0.3, 0.4) is 0 Å². The smallest absolute Gasteiger partial charge is 0.305 e. The molecule has 3 N–H and O–H groups in total. The van der Waals surface area contributed by atoms with E-state index in [0.29, 0.717) is 33.8 Å². The van der Waals surface area contributed by atoms with Crippen LogP contribution < -0.4 is 19.5 Å². The number of H-pyrrole nitrogens is 1. The molecule has 0 fully saturated rings. The minimum atomic E-state index is -0.974. The van der Waals surface area contributed by atoms with E-state index < -0.39 is 11.9 Å². The number of rotatable bonds is 7. The molecule has 0 aliphatic carbocycles. The summed E-state index contributed by atoms with van der Waals surface area (Å²) in [5, 5.41) is 11.8. The van der Waals surface area contributed by atoms with Crippen molar-refractivity contribution in [2.75, 3.05) is 27.9 Å². The Morgan fingerprint density at radius 1 is 1.13 bits per heavy atom. The van der Waals surface area contributed by atoms with Crippen LogP contribution in [0.15, 0.2) is 12.1 Å². The fourth-order valence-corrected chi connectivity index (χ4v) is 2.24. The maximum atomic E-state index is 12.1. The van der Waals surface area contributed by atoms with Gasteiger partial charge in [0.05, 0.1) is 33.3 Å². The standard InChI is InChI=1S/C15H18N2O6/c1-21-10-7-8-6-9(15(20)16-5-4-11(18)19)17-12(8)14(23-3)13(10)22-2/h6-7,17H,4-5H2,1-3H3,(H,16,20)(H,18,19). The lowest BCUT2D eigenvalue weighted by atomic mass is 10.2. The number of carbonyl (C=O) groups excluding carboxylic acids is 1. The normalized spacial score (nSPS) is 10.4. The summed E-state index contributed by atoms with van der Waals surface area (Å²) in [7, 11) is 4.49. The van der Waals surface area contributed by atoms with E-state index in [1.165, 1.54) is 21.3 Å². The number of ether oxygens (including phenoxy) is 3. The monoisotopic (exact) mass is 322 g/mol. The summed E-state index contributed by atoms with van der Waals surface area (Å²) >= 11 is 0. The molecule has 8 heteroatoms. The lowest BCUT2D eigenvalue weighted by molar-refractivity contribution is -0.136. The van der Waals surface area contributed by atoms with Crippen molar-refractivity contribution >= 4 is 22.8 Å². The summed E-state index contributed by atoms with van der Waals surface area (Å²) in [4.78, 5) is 25.5. The second-order valence-corrected chi connectivity index (χ2v) is 4.69. The van der Waals surface area contributed by atoms with Crippen molar-refractivity contribution in [2.45, 2.75) is 6.42 Å². The van der Waals surface area contributed by atoms with Crippen LogP contribution in [-0.4, -0.2) is 49.8 Å². The summed E-state index contributed by atoms with van der Waals surface area (Å²) in [6.07, 6.45) is -0.142. The molecule has 8 nitrogen and oxygen atoms in total. The van der Waals surface area contributed by atoms with Gasteiger partial charge in [-0.3, -0.25) is 9.59 Å². The first-order valence-corrected chi connectivity index (χ1v) is 6.83. The quantitative estimate of drug-likeness (QED) is 0.711. The van der Waals surface area contributed by atoms with Crippen LogP contribution in [0.25, 0.3) is 10.9 Å². The van der Waals surface area contributed by atoms with E-state index in [-0.39, 0.29) is 13.0 Å². The summed E-state index contributed by atoms with van der Waals surface area (Å²) in [6, 6.07) is 3.36. The molecule has 1 heterocycles. The van der Waals surface area contributed by atoms with E-state index in [1.54, 1.807) is 12.1 Å². The molecule has 0 saturated carbocycles. The molecular weight excluding hydrogens is 304 g/mol. The molecule has 0 unspecified atom stereocenters. The van der Waals surface area contributed by atoms with Gasteiger partial charge >= 0.3 is 5.97 Å². The molecule has 0 spiro atoms. The van der Waals surface area contributed by atoms with E-state index in [0.717, 1.165) is 0 Å². The fraction of sp³-hybridized carbons (Fsp3) is 0.333. The van der Waals surface area contributed by atoms with Gasteiger partial charge in [0.25, 0.3) is 5.91 Å². The highest BCUT2D eigenvalue weighted by Crippen LogP contribution is 2.43. The largest absolute Gasteiger partial charge is 0.493 e. The molecule has 2 aromatic rings. The summed E-state index contributed by atoms with van der Waals surface area (Å²) in [5.41, 5.74) is 0.882. The Labute approximate surface area is 132 Å². The number of carboxylic acid groups (broad SMARTS) is 1. The number of aromatic amines is 1. The number of carbonyl (C=O) groups is 2. The number of methoxy groups -OCH3 is 3. The zero-order valence-electron chi connectivity index (χ0n) is 13.1. The Bertz CT molecular complexity index is 737. The molecule has 23 heavy (non-hydrogen) atoms. The SMILES string of the molecule is COc1cc2cc(C(=O)NCCC(=O)O)[nH]c2c(OC)c1OC. The van der Waals surface area contributed by atoms with Gasteiger partial charge < -0.3 is 29.6 Å². The van der Waals surface area contributed by atoms with Crippen LogP contribution in [-0.2, 0) is 4.79 Å². The van der Waals surface area contributed by atoms with Crippen molar-refractivity contribution in [3.05, 3.63) is 17.8 Å². The topological polar surface area (TPSA) is 110 Å². The highest BCUT2D eigenvalue weighted by Gasteiger charge is 2.19. The van der Waals surface area contributed by atoms with E-state index in [9.17, 15) is 9.59 Å². The molecule has 2 rings (SSSR count). The third-order valence-corrected chi connectivity index (χ3v) is 3.29. The number of aliphatic carboxylic acids is 1. The molecule has 0 radical (unpaired) electrons. The van der Waals surface area contributed by atoms with Crippen molar-refractivity contribution in [3.8, 4) is 17.2 Å². The number of fused-ring (bicyclic) bond motifs is 1. The molecule has 124 valence electrons. The molecule has 0 saturated heterocycles. The maximum absolute atomic E-state index is 12.1. The van der Waals surface area contributed by atoms with Gasteiger partial charge in [0.15, 0.2) is 11.5 Å². The Kier molecular flexibility index (Phi) is 4.95. The second kappa shape index (κ2) is 6.91. The lowest BCUT2D eigenvalue weighted by Crippen LogP contribution is -2.26. The van der Waals surface area contributed by atoms with Crippen molar-refractivity contribution in [3.63, 3.8) is 0 Å². The van der Waals surface area contributed by atoms with Crippen molar-refractivity contribution in [1.29, 1.82) is 0 Å². The first kappa shape index (κ1) is 16.5. The van der Waals surface area contributed by atoms with Gasteiger partial charge in [-0.25, -0.2) is 0 Å². The first-order valence-electron chi connectivity index (χ1n) is 6.83. The summed E-state index contributed by atoms with van der Waals surface area (Å²) in [5.74, 6) is -0.0529. The van der Waals surface area contributed by atoms with Gasteiger partial charge in [-0.1, -0.05) is 0 Å². The molecule has 0 atom stereocenters. The second-order valence-electron chi connectivity index (χ2n) is 4.69. The van der Waals surface area contributed by atoms with Gasteiger partial charge in [-0.05, 0) is 12.1 Å². The van der Waals surface area contributed by atoms with Crippen molar-refractivity contribution in [2.24, 2.45) is 0 Å². The average Bonchev–Trinajstić information content (AvgIpc) is 2.95. The van der Waals surface area contributed by atoms with Gasteiger partial charge in [-0.15, -0.1) is 0 Å². The van der Waals surface area contributed by atoms with Crippen LogP contribution in [0.1, 0.15) is 16.9 Å². The zero-order valence-corrected chi connectivity index (χ0v) is 13.1. The van der Waals surface area contributed by atoms with Crippen molar-refractivity contribution in [1.82, 2.24) is 10.3 Å². The van der Waals surface area contributed by atoms with E-state index in [2.05, 4.69) is 10.3 Å². The summed E-state index contributed by atoms with van der Waals surface area (Å²) in [6.45, 7) is 0.0489. The first-order chi connectivity index (χ1) is 11.0. The Morgan fingerprint density at radius 3 is 2.39 bits per heavy atom. The highest BCUT2D eigenvalue weighted by atomic mass is 16.5. The molecule has 1 amide bonds. The fourth-order valence-electron chi connectivity index (χ4n) is 2.24. The Balaban J connectivity index is 2.37. The van der Waals surface area contributed by atoms with Crippen LogP contribution in [0.5, 0.6) is 17.2 Å². The summed E-state index contributed by atoms with van der Waals surface area (Å²) < 4.78 is 15.9. The third kappa shape index (κ3) is 3.31. The van der Waals surface area contributed by atoms with E-state index >= 15 is 0 Å². The van der Waals surface area contributed by atoms with Crippen molar-refractivity contribution < 1.29 is 28.9 Å². The van der Waals surface area contributed by atoms with Gasteiger partial charge in [0.2, 0.25) is 5.75 Å². The average molecular weight is 322 g/mol. The molecule has 1 aromatic carbocycles. The van der Waals surface area contributed by atoms with E-state index in [1.807, 2.05) is 0 Å². The predicted molar refractivity (Wildman–Crippen MR) is 82.5 cm³/mol. The van der Waals surface area contributed by atoms with Crippen LogP contribution in [0, 0.1) is 0 Å². The Morgan fingerprint density at radius 2 is 1.83 bits per heavy atom. The molecule has 1 aromatic heterocycles. The zero-order chi connectivity index (χ0) is 17.0. The number of aromatic nitrogens is 1.